The van der Waals surface area contributed by atoms with E-state index in [1.165, 1.54) is 0 Å². The number of anilines is 2. The van der Waals surface area contributed by atoms with Crippen molar-refractivity contribution >= 4 is 27.6 Å². The van der Waals surface area contributed by atoms with Gasteiger partial charge in [-0.15, -0.1) is 0 Å². The Bertz CT molecular complexity index is 601. The summed E-state index contributed by atoms with van der Waals surface area (Å²) in [6.07, 6.45) is 5.75. The molecule has 1 aliphatic heterocycles. The number of nitrogens with one attached hydrogen (secondary N) is 1. The highest BCUT2D eigenvalue weighted by Gasteiger charge is 2.21. The van der Waals surface area contributed by atoms with Crippen LogP contribution in [-0.2, 0) is 0 Å². The number of pyridine rings is 1. The van der Waals surface area contributed by atoms with Gasteiger partial charge in [-0.25, -0.2) is 15.0 Å². The molecule has 3 heterocycles. The summed E-state index contributed by atoms with van der Waals surface area (Å²) in [4.78, 5) is 15.2. The minimum absolute atomic E-state index is 0.387. The molecular weight excluding hydrogens is 330 g/mol. The molecule has 2 aromatic heterocycles. The number of aromatic nitrogens is 3. The largest absolute Gasteiger partial charge is 0.365 e. The molecule has 1 aliphatic rings. The van der Waals surface area contributed by atoms with Crippen molar-refractivity contribution in [3.63, 3.8) is 0 Å². The molecule has 0 spiro atoms. The highest BCUT2D eigenvalue weighted by Crippen LogP contribution is 2.21. The number of aryl methyl sites for hydroxylation is 1. The molecule has 1 unspecified atom stereocenters. The molecule has 110 valence electrons. The van der Waals surface area contributed by atoms with Crippen LogP contribution < -0.4 is 10.2 Å². The molecular formula is C15H18BrN5. The molecule has 2 aromatic rings. The Morgan fingerprint density at radius 3 is 2.95 bits per heavy atom. The number of piperidine rings is 1. The molecule has 1 saturated heterocycles. The number of nitrogens with zero attached hydrogens (tertiary/aromatic N) is 4. The van der Waals surface area contributed by atoms with Gasteiger partial charge in [0.25, 0.3) is 0 Å². The monoisotopic (exact) mass is 347 g/mol. The molecule has 0 amide bonds. The molecule has 0 saturated carbocycles. The first-order valence-electron chi connectivity index (χ1n) is 7.12. The van der Waals surface area contributed by atoms with Crippen LogP contribution in [0.5, 0.6) is 0 Å². The van der Waals surface area contributed by atoms with Crippen LogP contribution in [0.3, 0.4) is 0 Å². The SMILES string of the molecule is Cc1cc(NC2CCCN(c3ccc(Br)cn3)C2)ncn1. The lowest BCUT2D eigenvalue weighted by atomic mass is 10.1. The summed E-state index contributed by atoms with van der Waals surface area (Å²) in [7, 11) is 0. The van der Waals surface area contributed by atoms with Gasteiger partial charge in [-0.05, 0) is 47.8 Å². The van der Waals surface area contributed by atoms with Crippen molar-refractivity contribution in [2.24, 2.45) is 0 Å². The van der Waals surface area contributed by atoms with Crippen LogP contribution in [-0.4, -0.2) is 34.1 Å². The molecule has 1 N–H and O–H groups in total. The minimum Gasteiger partial charge on any atom is -0.365 e. The lowest BCUT2D eigenvalue weighted by Gasteiger charge is -2.34. The molecule has 1 atom stereocenters. The number of hydrogen-bond donors (Lipinski definition) is 1. The molecule has 0 aliphatic carbocycles. The third-order valence-corrected chi connectivity index (χ3v) is 4.08. The quantitative estimate of drug-likeness (QED) is 0.924. The van der Waals surface area contributed by atoms with Gasteiger partial charge in [-0.3, -0.25) is 0 Å². The first-order valence-corrected chi connectivity index (χ1v) is 7.92. The van der Waals surface area contributed by atoms with E-state index >= 15 is 0 Å². The molecule has 0 radical (unpaired) electrons. The van der Waals surface area contributed by atoms with E-state index in [1.807, 2.05) is 25.3 Å². The number of rotatable bonds is 3. The average molecular weight is 348 g/mol. The molecule has 5 nitrogen and oxygen atoms in total. The number of halogens is 1. The number of hydrogen-bond acceptors (Lipinski definition) is 5. The van der Waals surface area contributed by atoms with E-state index in [-0.39, 0.29) is 0 Å². The summed E-state index contributed by atoms with van der Waals surface area (Å²) in [6.45, 7) is 3.97. The minimum atomic E-state index is 0.387. The predicted molar refractivity (Wildman–Crippen MR) is 87.6 cm³/mol. The maximum Gasteiger partial charge on any atom is 0.129 e. The van der Waals surface area contributed by atoms with E-state index in [0.29, 0.717) is 6.04 Å². The fraction of sp³-hybridized carbons (Fsp3) is 0.400. The maximum absolute atomic E-state index is 4.48. The Morgan fingerprint density at radius 2 is 2.19 bits per heavy atom. The first-order chi connectivity index (χ1) is 10.2. The van der Waals surface area contributed by atoms with Crippen LogP contribution in [0, 0.1) is 6.92 Å². The normalized spacial score (nSPS) is 18.6. The fourth-order valence-corrected chi connectivity index (χ4v) is 2.84. The van der Waals surface area contributed by atoms with Crippen molar-refractivity contribution in [3.05, 3.63) is 40.9 Å². The Morgan fingerprint density at radius 1 is 1.29 bits per heavy atom. The molecule has 0 aromatic carbocycles. The van der Waals surface area contributed by atoms with E-state index in [1.54, 1.807) is 6.33 Å². The van der Waals surface area contributed by atoms with Crippen LogP contribution in [0.25, 0.3) is 0 Å². The van der Waals surface area contributed by atoms with Crippen LogP contribution >= 0.6 is 15.9 Å². The van der Waals surface area contributed by atoms with E-state index in [0.717, 1.165) is 47.7 Å². The summed E-state index contributed by atoms with van der Waals surface area (Å²) in [5, 5.41) is 3.50. The Kier molecular flexibility index (Phi) is 4.34. The van der Waals surface area contributed by atoms with Crippen LogP contribution in [0.2, 0.25) is 0 Å². The van der Waals surface area contributed by atoms with Crippen LogP contribution in [0.4, 0.5) is 11.6 Å². The summed E-state index contributed by atoms with van der Waals surface area (Å²) >= 11 is 3.42. The van der Waals surface area contributed by atoms with Crippen molar-refractivity contribution < 1.29 is 0 Å². The van der Waals surface area contributed by atoms with E-state index in [2.05, 4.69) is 47.2 Å². The van der Waals surface area contributed by atoms with Gasteiger partial charge in [0, 0.05) is 41.6 Å². The van der Waals surface area contributed by atoms with Crippen molar-refractivity contribution in [1.29, 1.82) is 0 Å². The summed E-state index contributed by atoms with van der Waals surface area (Å²) < 4.78 is 1.01. The van der Waals surface area contributed by atoms with Gasteiger partial charge >= 0.3 is 0 Å². The predicted octanol–water partition coefficient (Wildman–Crippen LogP) is 3.02. The standard InChI is InChI=1S/C15H18BrN5/c1-11-7-14(19-10-18-11)20-13-3-2-6-21(9-13)15-5-4-12(16)8-17-15/h4-5,7-8,10,13H,2-3,6,9H2,1H3,(H,18,19,20). The maximum atomic E-state index is 4.48. The van der Waals surface area contributed by atoms with Crippen LogP contribution in [0.15, 0.2) is 35.2 Å². The Balaban J connectivity index is 1.67. The van der Waals surface area contributed by atoms with Gasteiger partial charge < -0.3 is 10.2 Å². The molecule has 3 rings (SSSR count). The van der Waals surface area contributed by atoms with E-state index in [9.17, 15) is 0 Å². The van der Waals surface area contributed by atoms with Crippen molar-refractivity contribution in [3.8, 4) is 0 Å². The summed E-state index contributed by atoms with van der Waals surface area (Å²) in [5.74, 6) is 1.93. The lowest BCUT2D eigenvalue weighted by molar-refractivity contribution is 0.525. The zero-order valence-electron chi connectivity index (χ0n) is 12.0. The van der Waals surface area contributed by atoms with Crippen molar-refractivity contribution in [1.82, 2.24) is 15.0 Å². The average Bonchev–Trinajstić information content (AvgIpc) is 2.48. The molecule has 0 bridgehead atoms. The second-order valence-electron chi connectivity index (χ2n) is 5.31. The van der Waals surface area contributed by atoms with Crippen molar-refractivity contribution in [2.75, 3.05) is 23.3 Å². The van der Waals surface area contributed by atoms with Gasteiger partial charge in [0.2, 0.25) is 0 Å². The van der Waals surface area contributed by atoms with Gasteiger partial charge in [-0.2, -0.15) is 0 Å². The molecule has 21 heavy (non-hydrogen) atoms. The topological polar surface area (TPSA) is 53.9 Å². The van der Waals surface area contributed by atoms with E-state index < -0.39 is 0 Å². The van der Waals surface area contributed by atoms with Gasteiger partial charge in [0.15, 0.2) is 0 Å². The Hall–Kier alpha value is -1.69. The smallest absolute Gasteiger partial charge is 0.129 e. The second-order valence-corrected chi connectivity index (χ2v) is 6.22. The van der Waals surface area contributed by atoms with Crippen molar-refractivity contribution in [2.45, 2.75) is 25.8 Å². The van der Waals surface area contributed by atoms with Gasteiger partial charge in [0.1, 0.15) is 18.0 Å². The highest BCUT2D eigenvalue weighted by molar-refractivity contribution is 9.10. The third-order valence-electron chi connectivity index (χ3n) is 3.61. The zero-order chi connectivity index (χ0) is 14.7. The Labute approximate surface area is 133 Å². The zero-order valence-corrected chi connectivity index (χ0v) is 13.5. The molecule has 1 fully saturated rings. The fourth-order valence-electron chi connectivity index (χ4n) is 2.60. The van der Waals surface area contributed by atoms with Crippen LogP contribution in [0.1, 0.15) is 18.5 Å². The molecule has 6 heteroatoms. The van der Waals surface area contributed by atoms with Gasteiger partial charge in [0.05, 0.1) is 0 Å². The summed E-state index contributed by atoms with van der Waals surface area (Å²) in [6, 6.07) is 6.46. The highest BCUT2D eigenvalue weighted by atomic mass is 79.9. The van der Waals surface area contributed by atoms with E-state index in [4.69, 9.17) is 0 Å². The summed E-state index contributed by atoms with van der Waals surface area (Å²) in [5.41, 5.74) is 0.981. The lowest BCUT2D eigenvalue weighted by Crippen LogP contribution is -2.42. The van der Waals surface area contributed by atoms with Gasteiger partial charge in [-0.1, -0.05) is 0 Å². The second kappa shape index (κ2) is 6.39. The first kappa shape index (κ1) is 14.3. The third kappa shape index (κ3) is 3.69.